The molecule has 0 radical (unpaired) electrons. The topological polar surface area (TPSA) is 84.8 Å². The molecule has 2 fully saturated rings. The molecule has 1 unspecified atom stereocenters. The number of carboxylic acids is 1. The second-order valence-corrected chi connectivity index (χ2v) is 6.79. The van der Waals surface area contributed by atoms with Crippen LogP contribution < -0.4 is 4.90 Å². The van der Waals surface area contributed by atoms with E-state index in [1.54, 1.807) is 0 Å². The fourth-order valence-corrected chi connectivity index (χ4v) is 3.25. The SMILES string of the molecule is CCOCC1CC2(CCN(c3ncc(F)cn3)CC2)CO1.O=C(O)C(F)(F)F. The van der Waals surface area contributed by atoms with E-state index in [0.717, 1.165) is 45.6 Å². The molecule has 2 aliphatic rings. The van der Waals surface area contributed by atoms with Crippen LogP contribution in [-0.4, -0.2) is 66.2 Å². The summed E-state index contributed by atoms with van der Waals surface area (Å²) in [5.74, 6) is -2.53. The lowest BCUT2D eigenvalue weighted by atomic mass is 9.77. The molecule has 2 aliphatic heterocycles. The molecule has 0 saturated carbocycles. The number of alkyl halides is 3. The first-order chi connectivity index (χ1) is 13.1. The number of aliphatic carboxylic acids is 1. The van der Waals surface area contributed by atoms with Crippen LogP contribution in [0.25, 0.3) is 0 Å². The minimum atomic E-state index is -5.08. The molecule has 0 bridgehead atoms. The van der Waals surface area contributed by atoms with Gasteiger partial charge >= 0.3 is 12.1 Å². The Bertz CT molecular complexity index is 634. The highest BCUT2D eigenvalue weighted by molar-refractivity contribution is 5.73. The maximum absolute atomic E-state index is 12.9. The van der Waals surface area contributed by atoms with Gasteiger partial charge in [0.2, 0.25) is 5.95 Å². The molecule has 1 aromatic heterocycles. The van der Waals surface area contributed by atoms with Gasteiger partial charge < -0.3 is 19.5 Å². The summed E-state index contributed by atoms with van der Waals surface area (Å²) in [7, 11) is 0. The number of aromatic nitrogens is 2. The fraction of sp³-hybridized carbons (Fsp3) is 0.706. The van der Waals surface area contributed by atoms with Gasteiger partial charge in [0.05, 0.1) is 31.7 Å². The quantitative estimate of drug-likeness (QED) is 0.766. The summed E-state index contributed by atoms with van der Waals surface area (Å²) in [6.45, 7) is 6.06. The number of ether oxygens (including phenoxy) is 2. The van der Waals surface area contributed by atoms with Crippen LogP contribution in [0.5, 0.6) is 0 Å². The zero-order valence-corrected chi connectivity index (χ0v) is 15.4. The molecule has 0 aliphatic carbocycles. The number of rotatable bonds is 4. The molecule has 1 N–H and O–H groups in total. The number of carboxylic acid groups (broad SMARTS) is 1. The van der Waals surface area contributed by atoms with E-state index in [4.69, 9.17) is 19.4 Å². The lowest BCUT2D eigenvalue weighted by Gasteiger charge is -2.38. The van der Waals surface area contributed by atoms with E-state index in [1.807, 2.05) is 6.92 Å². The predicted molar refractivity (Wildman–Crippen MR) is 90.4 cm³/mol. The second kappa shape index (κ2) is 9.46. The van der Waals surface area contributed by atoms with Crippen LogP contribution in [0.2, 0.25) is 0 Å². The van der Waals surface area contributed by atoms with E-state index < -0.39 is 18.0 Å². The third-order valence-electron chi connectivity index (χ3n) is 4.75. The molecule has 1 atom stereocenters. The Morgan fingerprint density at radius 3 is 2.43 bits per heavy atom. The van der Waals surface area contributed by atoms with E-state index in [0.29, 0.717) is 12.6 Å². The molecule has 1 aromatic rings. The first-order valence-corrected chi connectivity index (χ1v) is 8.87. The van der Waals surface area contributed by atoms with Gasteiger partial charge in [-0.2, -0.15) is 13.2 Å². The number of carbonyl (C=O) groups is 1. The van der Waals surface area contributed by atoms with Crippen molar-refractivity contribution in [2.75, 3.05) is 37.8 Å². The van der Waals surface area contributed by atoms with Crippen LogP contribution in [0.1, 0.15) is 26.2 Å². The Balaban J connectivity index is 0.000000345. The summed E-state index contributed by atoms with van der Waals surface area (Å²) in [4.78, 5) is 19.1. The molecule has 11 heteroatoms. The van der Waals surface area contributed by atoms with Gasteiger partial charge in [-0.1, -0.05) is 0 Å². The van der Waals surface area contributed by atoms with Crippen LogP contribution >= 0.6 is 0 Å². The number of anilines is 1. The second-order valence-electron chi connectivity index (χ2n) is 6.79. The third kappa shape index (κ3) is 6.26. The molecule has 28 heavy (non-hydrogen) atoms. The van der Waals surface area contributed by atoms with Crippen LogP contribution in [-0.2, 0) is 14.3 Å². The minimum absolute atomic E-state index is 0.235. The fourth-order valence-electron chi connectivity index (χ4n) is 3.25. The standard InChI is InChI=1S/C15H22FN3O2.C2HF3O2/c1-2-20-10-13-7-15(11-21-13)3-5-19(6-4-15)14-17-8-12(16)9-18-14;3-2(4,5)1(6)7/h8-9,13H,2-7,10-11H2,1H3;(H,6,7). The van der Waals surface area contributed by atoms with Gasteiger partial charge in [-0.3, -0.25) is 0 Å². The van der Waals surface area contributed by atoms with Crippen molar-refractivity contribution in [2.45, 2.75) is 38.5 Å². The summed E-state index contributed by atoms with van der Waals surface area (Å²) >= 11 is 0. The molecule has 2 saturated heterocycles. The van der Waals surface area contributed by atoms with Crippen LogP contribution in [0.15, 0.2) is 12.4 Å². The van der Waals surface area contributed by atoms with E-state index >= 15 is 0 Å². The molecule has 3 rings (SSSR count). The molecule has 0 aromatic carbocycles. The highest BCUT2D eigenvalue weighted by Crippen LogP contribution is 2.42. The third-order valence-corrected chi connectivity index (χ3v) is 4.75. The normalized spacial score (nSPS) is 21.3. The highest BCUT2D eigenvalue weighted by atomic mass is 19.4. The maximum Gasteiger partial charge on any atom is 0.490 e. The Labute approximate surface area is 159 Å². The smallest absolute Gasteiger partial charge is 0.475 e. The first-order valence-electron chi connectivity index (χ1n) is 8.87. The average Bonchev–Trinajstić information content (AvgIpc) is 3.04. The van der Waals surface area contributed by atoms with Crippen molar-refractivity contribution < 1.29 is 36.9 Å². The van der Waals surface area contributed by atoms with E-state index in [1.165, 1.54) is 12.4 Å². The van der Waals surface area contributed by atoms with Gasteiger partial charge in [0.25, 0.3) is 0 Å². The molecule has 3 heterocycles. The summed E-state index contributed by atoms with van der Waals surface area (Å²) in [5.41, 5.74) is 0.276. The summed E-state index contributed by atoms with van der Waals surface area (Å²) in [6.07, 6.45) is 0.809. The van der Waals surface area contributed by atoms with Gasteiger partial charge in [-0.25, -0.2) is 19.2 Å². The van der Waals surface area contributed by atoms with Crippen molar-refractivity contribution in [1.82, 2.24) is 9.97 Å². The molecule has 0 amide bonds. The zero-order valence-electron chi connectivity index (χ0n) is 15.4. The maximum atomic E-state index is 12.9. The van der Waals surface area contributed by atoms with Gasteiger partial charge in [0, 0.05) is 19.7 Å². The van der Waals surface area contributed by atoms with E-state index in [9.17, 15) is 17.6 Å². The molecule has 158 valence electrons. The summed E-state index contributed by atoms with van der Waals surface area (Å²) in [6, 6.07) is 0. The Hall–Kier alpha value is -2.01. The lowest BCUT2D eigenvalue weighted by Crippen LogP contribution is -2.41. The van der Waals surface area contributed by atoms with Crippen molar-refractivity contribution in [2.24, 2.45) is 5.41 Å². The summed E-state index contributed by atoms with van der Waals surface area (Å²) < 4.78 is 55.9. The minimum Gasteiger partial charge on any atom is -0.475 e. The summed E-state index contributed by atoms with van der Waals surface area (Å²) in [5, 5.41) is 7.12. The van der Waals surface area contributed by atoms with Crippen molar-refractivity contribution in [3.63, 3.8) is 0 Å². The van der Waals surface area contributed by atoms with Crippen molar-refractivity contribution in [3.8, 4) is 0 Å². The number of hydrogen-bond donors (Lipinski definition) is 1. The Kier molecular flexibility index (Phi) is 7.53. The Morgan fingerprint density at radius 1 is 1.36 bits per heavy atom. The number of piperidine rings is 1. The monoisotopic (exact) mass is 409 g/mol. The van der Waals surface area contributed by atoms with Crippen LogP contribution in [0, 0.1) is 11.2 Å². The van der Waals surface area contributed by atoms with Gasteiger partial charge in [-0.05, 0) is 31.6 Å². The largest absolute Gasteiger partial charge is 0.490 e. The number of halogens is 4. The van der Waals surface area contributed by atoms with Gasteiger partial charge in [-0.15, -0.1) is 0 Å². The Morgan fingerprint density at radius 2 is 1.93 bits per heavy atom. The average molecular weight is 409 g/mol. The first kappa shape index (κ1) is 22.3. The molecular formula is C17H23F4N3O4. The van der Waals surface area contributed by atoms with Crippen molar-refractivity contribution in [1.29, 1.82) is 0 Å². The molecule has 7 nitrogen and oxygen atoms in total. The lowest BCUT2D eigenvalue weighted by molar-refractivity contribution is -0.192. The zero-order chi connectivity index (χ0) is 20.8. The van der Waals surface area contributed by atoms with E-state index in [2.05, 4.69) is 14.9 Å². The highest BCUT2D eigenvalue weighted by Gasteiger charge is 2.42. The van der Waals surface area contributed by atoms with Crippen LogP contribution in [0.4, 0.5) is 23.5 Å². The number of nitrogens with zero attached hydrogens (tertiary/aromatic N) is 3. The molecular weight excluding hydrogens is 386 g/mol. The van der Waals surface area contributed by atoms with Crippen molar-refractivity contribution in [3.05, 3.63) is 18.2 Å². The predicted octanol–water partition coefficient (Wildman–Crippen LogP) is 2.66. The van der Waals surface area contributed by atoms with Gasteiger partial charge in [0.1, 0.15) is 0 Å². The van der Waals surface area contributed by atoms with E-state index in [-0.39, 0.29) is 11.5 Å². The molecule has 1 spiro atoms. The van der Waals surface area contributed by atoms with Crippen LogP contribution in [0.3, 0.4) is 0 Å². The number of hydrogen-bond acceptors (Lipinski definition) is 6. The van der Waals surface area contributed by atoms with Gasteiger partial charge in [0.15, 0.2) is 5.82 Å². The van der Waals surface area contributed by atoms with Crippen molar-refractivity contribution >= 4 is 11.9 Å².